The molecule has 0 N–H and O–H groups in total. The summed E-state index contributed by atoms with van der Waals surface area (Å²) in [6.45, 7) is 3.76. The van der Waals surface area contributed by atoms with Crippen LogP contribution in [-0.4, -0.2) is 35.3 Å². The molecule has 1 aromatic rings. The van der Waals surface area contributed by atoms with Crippen molar-refractivity contribution in [2.24, 2.45) is 0 Å². The van der Waals surface area contributed by atoms with Crippen LogP contribution in [0.3, 0.4) is 0 Å². The second kappa shape index (κ2) is 4.59. The molecular formula is C8H13N3O3. The Hall–Kier alpha value is -1.59. The molecule has 0 atom stereocenters. The van der Waals surface area contributed by atoms with Gasteiger partial charge in [-0.1, -0.05) is 0 Å². The molecule has 0 fully saturated rings. The van der Waals surface area contributed by atoms with Crippen LogP contribution in [0.1, 0.15) is 13.8 Å². The molecule has 0 aliphatic rings. The normalized spacial score (nSPS) is 10.1. The zero-order chi connectivity index (χ0) is 10.6. The molecule has 0 aliphatic heterocycles. The minimum absolute atomic E-state index is 0.00758. The van der Waals surface area contributed by atoms with E-state index in [0.717, 1.165) is 0 Å². The molecule has 0 bridgehead atoms. The van der Waals surface area contributed by atoms with Crippen LogP contribution in [-0.2, 0) is 0 Å². The highest BCUT2D eigenvalue weighted by Gasteiger charge is 2.08. The monoisotopic (exact) mass is 199 g/mol. The fraction of sp³-hybridized carbons (Fsp3) is 0.625. The average Bonchev–Trinajstić information content (AvgIpc) is 2.16. The van der Waals surface area contributed by atoms with Crippen LogP contribution < -0.4 is 14.2 Å². The van der Waals surface area contributed by atoms with Gasteiger partial charge in [0.25, 0.3) is 0 Å². The van der Waals surface area contributed by atoms with Gasteiger partial charge in [0, 0.05) is 0 Å². The van der Waals surface area contributed by atoms with Crippen molar-refractivity contribution in [1.82, 2.24) is 15.0 Å². The smallest absolute Gasteiger partial charge is 0.326 e. The van der Waals surface area contributed by atoms with E-state index >= 15 is 0 Å². The second-order valence-corrected chi connectivity index (χ2v) is 2.76. The highest BCUT2D eigenvalue weighted by Crippen LogP contribution is 2.14. The topological polar surface area (TPSA) is 66.4 Å². The maximum atomic E-state index is 5.28. The van der Waals surface area contributed by atoms with Crippen LogP contribution in [0.4, 0.5) is 0 Å². The molecule has 14 heavy (non-hydrogen) atoms. The zero-order valence-corrected chi connectivity index (χ0v) is 8.64. The van der Waals surface area contributed by atoms with Gasteiger partial charge in [-0.2, -0.15) is 0 Å². The van der Waals surface area contributed by atoms with E-state index < -0.39 is 0 Å². The summed E-state index contributed by atoms with van der Waals surface area (Å²) < 4.78 is 15.0. The third-order valence-corrected chi connectivity index (χ3v) is 1.28. The quantitative estimate of drug-likeness (QED) is 0.710. The summed E-state index contributed by atoms with van der Waals surface area (Å²) in [4.78, 5) is 11.6. The van der Waals surface area contributed by atoms with Crippen molar-refractivity contribution in [3.63, 3.8) is 0 Å². The lowest BCUT2D eigenvalue weighted by molar-refractivity contribution is 0.211. The Balaban J connectivity index is 2.92. The first-order chi connectivity index (χ1) is 6.65. The zero-order valence-electron chi connectivity index (χ0n) is 8.64. The van der Waals surface area contributed by atoms with Gasteiger partial charge in [0.15, 0.2) is 0 Å². The van der Waals surface area contributed by atoms with E-state index in [4.69, 9.17) is 14.2 Å². The fourth-order valence-corrected chi connectivity index (χ4v) is 0.767. The van der Waals surface area contributed by atoms with Gasteiger partial charge >= 0.3 is 18.0 Å². The first kappa shape index (κ1) is 10.5. The highest BCUT2D eigenvalue weighted by molar-refractivity contribution is 5.08. The van der Waals surface area contributed by atoms with Crippen LogP contribution in [0.15, 0.2) is 0 Å². The molecular weight excluding hydrogens is 186 g/mol. The van der Waals surface area contributed by atoms with E-state index in [2.05, 4.69) is 15.0 Å². The Kier molecular flexibility index (Phi) is 3.44. The minimum Gasteiger partial charge on any atom is -0.467 e. The summed E-state index contributed by atoms with van der Waals surface area (Å²) in [5, 5.41) is 0. The lowest BCUT2D eigenvalue weighted by atomic mass is 10.5. The van der Waals surface area contributed by atoms with Gasteiger partial charge in [-0.15, -0.1) is 15.0 Å². The molecule has 0 saturated carbocycles. The van der Waals surface area contributed by atoms with Gasteiger partial charge in [0.1, 0.15) is 0 Å². The van der Waals surface area contributed by atoms with Crippen molar-refractivity contribution in [2.45, 2.75) is 20.0 Å². The molecule has 0 saturated heterocycles. The van der Waals surface area contributed by atoms with Crippen LogP contribution in [0.5, 0.6) is 18.0 Å². The molecule has 0 radical (unpaired) electrons. The maximum absolute atomic E-state index is 5.28. The van der Waals surface area contributed by atoms with Crippen molar-refractivity contribution >= 4 is 0 Å². The Morgan fingerprint density at radius 3 is 1.64 bits per heavy atom. The minimum atomic E-state index is -0.00758. The summed E-state index contributed by atoms with van der Waals surface area (Å²) >= 11 is 0. The number of ether oxygens (including phenoxy) is 3. The van der Waals surface area contributed by atoms with Gasteiger partial charge in [-0.05, 0) is 13.8 Å². The van der Waals surface area contributed by atoms with Gasteiger partial charge in [-0.25, -0.2) is 0 Å². The largest absolute Gasteiger partial charge is 0.467 e. The van der Waals surface area contributed by atoms with Crippen molar-refractivity contribution in [3.05, 3.63) is 0 Å². The lowest BCUT2D eigenvalue weighted by Crippen LogP contribution is -2.10. The van der Waals surface area contributed by atoms with Gasteiger partial charge in [0.05, 0.1) is 20.3 Å². The van der Waals surface area contributed by atoms with Crippen molar-refractivity contribution in [2.75, 3.05) is 14.2 Å². The fourth-order valence-electron chi connectivity index (χ4n) is 0.767. The second-order valence-electron chi connectivity index (χ2n) is 2.76. The molecule has 1 aromatic heterocycles. The Morgan fingerprint density at radius 2 is 1.29 bits per heavy atom. The maximum Gasteiger partial charge on any atom is 0.326 e. The lowest BCUT2D eigenvalue weighted by Gasteiger charge is -2.08. The number of aromatic nitrogens is 3. The first-order valence-corrected chi connectivity index (χ1v) is 4.16. The number of hydrogen-bond donors (Lipinski definition) is 0. The standard InChI is InChI=1S/C8H13N3O3/c1-5(2)14-8-10-6(12-3)9-7(11-8)13-4/h5H,1-4H3. The van der Waals surface area contributed by atoms with E-state index in [1.54, 1.807) is 0 Å². The molecule has 0 aliphatic carbocycles. The Bertz CT molecular complexity index is 282. The number of nitrogens with zero attached hydrogens (tertiary/aromatic N) is 3. The molecule has 6 nitrogen and oxygen atoms in total. The van der Waals surface area contributed by atoms with Crippen LogP contribution in [0.25, 0.3) is 0 Å². The van der Waals surface area contributed by atoms with Crippen LogP contribution in [0, 0.1) is 0 Å². The predicted octanol–water partition coefficient (Wildman–Crippen LogP) is 0.676. The summed E-state index contributed by atoms with van der Waals surface area (Å²) in [5.74, 6) is 0. The Labute approximate surface area is 82.3 Å². The van der Waals surface area contributed by atoms with Crippen molar-refractivity contribution < 1.29 is 14.2 Å². The summed E-state index contributed by atoms with van der Waals surface area (Å²) in [5.41, 5.74) is 0. The number of rotatable bonds is 4. The predicted molar refractivity (Wildman–Crippen MR) is 48.7 cm³/mol. The molecule has 78 valence electrons. The van der Waals surface area contributed by atoms with Gasteiger partial charge in [0.2, 0.25) is 0 Å². The third-order valence-electron chi connectivity index (χ3n) is 1.28. The first-order valence-electron chi connectivity index (χ1n) is 4.16. The molecule has 0 aromatic carbocycles. The summed E-state index contributed by atoms with van der Waals surface area (Å²) in [7, 11) is 2.93. The molecule has 0 amide bonds. The van der Waals surface area contributed by atoms with E-state index in [9.17, 15) is 0 Å². The average molecular weight is 199 g/mol. The van der Waals surface area contributed by atoms with Gasteiger partial charge in [-0.3, -0.25) is 0 Å². The highest BCUT2D eigenvalue weighted by atomic mass is 16.5. The summed E-state index contributed by atoms with van der Waals surface area (Å²) in [6.07, 6.45) is -0.00758. The van der Waals surface area contributed by atoms with Crippen LogP contribution in [0.2, 0.25) is 0 Å². The van der Waals surface area contributed by atoms with Crippen molar-refractivity contribution in [3.8, 4) is 18.0 Å². The molecule has 1 heterocycles. The van der Waals surface area contributed by atoms with E-state index in [-0.39, 0.29) is 24.1 Å². The van der Waals surface area contributed by atoms with Crippen molar-refractivity contribution in [1.29, 1.82) is 0 Å². The number of hydrogen-bond acceptors (Lipinski definition) is 6. The summed E-state index contributed by atoms with van der Waals surface area (Å²) in [6, 6.07) is 0.545. The third kappa shape index (κ3) is 2.72. The van der Waals surface area contributed by atoms with E-state index in [0.29, 0.717) is 0 Å². The van der Waals surface area contributed by atoms with Gasteiger partial charge < -0.3 is 14.2 Å². The molecule has 0 unspecified atom stereocenters. The number of methoxy groups -OCH3 is 2. The van der Waals surface area contributed by atoms with E-state index in [1.807, 2.05) is 13.8 Å². The van der Waals surface area contributed by atoms with Crippen LogP contribution >= 0.6 is 0 Å². The molecule has 6 heteroatoms. The molecule has 0 spiro atoms. The SMILES string of the molecule is COc1nc(OC)nc(OC(C)C)n1. The van der Waals surface area contributed by atoms with E-state index in [1.165, 1.54) is 14.2 Å². The Morgan fingerprint density at radius 1 is 0.857 bits per heavy atom. The molecule has 1 rings (SSSR count).